The molecule has 0 fully saturated rings. The molecule has 1 aliphatic rings. The van der Waals surface area contributed by atoms with Gasteiger partial charge in [0.05, 0.1) is 18.0 Å². The van der Waals surface area contributed by atoms with Gasteiger partial charge in [0.15, 0.2) is 0 Å². The summed E-state index contributed by atoms with van der Waals surface area (Å²) in [6.07, 6.45) is -2.34. The standard InChI is InChI=1S/C20H21F3N2O3S/c1-13-3-9-17-15(11-13)6-10-18(17)24-19(26)14-4-7-16(8-5-14)25(29(2,27)28)12-20(21,22)23/h3-5,7-9,11,18H,6,10,12H2,1-2H3,(H,24,26)/t18-/m1/s1. The van der Waals surface area contributed by atoms with Crippen LogP contribution in [0.2, 0.25) is 0 Å². The number of carbonyl (C=O) groups excluding carboxylic acids is 1. The number of fused-ring (bicyclic) bond motifs is 1. The van der Waals surface area contributed by atoms with Crippen LogP contribution >= 0.6 is 0 Å². The Balaban J connectivity index is 1.75. The topological polar surface area (TPSA) is 66.5 Å². The van der Waals surface area contributed by atoms with Crippen molar-refractivity contribution >= 4 is 21.6 Å². The molecule has 0 unspecified atom stereocenters. The van der Waals surface area contributed by atoms with Crippen LogP contribution < -0.4 is 9.62 Å². The maximum Gasteiger partial charge on any atom is 0.407 e. The summed E-state index contributed by atoms with van der Waals surface area (Å²) in [6, 6.07) is 11.0. The molecule has 1 N–H and O–H groups in total. The highest BCUT2D eigenvalue weighted by Crippen LogP contribution is 2.32. The van der Waals surface area contributed by atoms with E-state index in [0.29, 0.717) is 6.26 Å². The minimum atomic E-state index is -4.69. The van der Waals surface area contributed by atoms with Crippen molar-refractivity contribution < 1.29 is 26.4 Å². The lowest BCUT2D eigenvalue weighted by Gasteiger charge is -2.23. The zero-order valence-corrected chi connectivity index (χ0v) is 16.8. The number of sulfonamides is 1. The smallest absolute Gasteiger partial charge is 0.345 e. The average molecular weight is 426 g/mol. The molecule has 1 aliphatic carbocycles. The molecule has 5 nitrogen and oxygen atoms in total. The van der Waals surface area contributed by atoms with Gasteiger partial charge < -0.3 is 5.32 Å². The first-order chi connectivity index (χ1) is 13.4. The minimum absolute atomic E-state index is 0.129. The van der Waals surface area contributed by atoms with E-state index in [4.69, 9.17) is 0 Å². The van der Waals surface area contributed by atoms with Gasteiger partial charge in [-0.2, -0.15) is 13.2 Å². The number of nitrogens with one attached hydrogen (secondary N) is 1. The molecule has 0 radical (unpaired) electrons. The largest absolute Gasteiger partial charge is 0.407 e. The summed E-state index contributed by atoms with van der Waals surface area (Å²) in [5.74, 6) is -0.364. The Hall–Kier alpha value is -2.55. The van der Waals surface area contributed by atoms with Gasteiger partial charge in [0.2, 0.25) is 10.0 Å². The molecule has 0 saturated carbocycles. The molecule has 0 heterocycles. The quantitative estimate of drug-likeness (QED) is 0.792. The first-order valence-electron chi connectivity index (χ1n) is 8.99. The number of aryl methyl sites for hydroxylation is 2. The van der Waals surface area contributed by atoms with Gasteiger partial charge >= 0.3 is 6.18 Å². The lowest BCUT2D eigenvalue weighted by Crippen LogP contribution is -2.38. The van der Waals surface area contributed by atoms with Gasteiger partial charge in [-0.1, -0.05) is 23.8 Å². The third-order valence-corrected chi connectivity index (χ3v) is 5.96. The summed E-state index contributed by atoms with van der Waals surface area (Å²) >= 11 is 0. The van der Waals surface area contributed by atoms with Gasteiger partial charge in [-0.05, 0) is 55.2 Å². The van der Waals surface area contributed by atoms with Crippen LogP contribution in [0.15, 0.2) is 42.5 Å². The summed E-state index contributed by atoms with van der Waals surface area (Å²) in [5.41, 5.74) is 3.51. The molecule has 0 aromatic heterocycles. The number of amides is 1. The summed E-state index contributed by atoms with van der Waals surface area (Å²) in [6.45, 7) is 0.377. The molecule has 0 spiro atoms. The summed E-state index contributed by atoms with van der Waals surface area (Å²) in [7, 11) is -4.13. The third kappa shape index (κ3) is 5.09. The normalized spacial score (nSPS) is 16.4. The minimum Gasteiger partial charge on any atom is -0.345 e. The van der Waals surface area contributed by atoms with Crippen molar-refractivity contribution in [2.24, 2.45) is 0 Å². The number of alkyl halides is 3. The number of rotatable bonds is 5. The Morgan fingerprint density at radius 3 is 2.41 bits per heavy atom. The van der Waals surface area contributed by atoms with Crippen LogP contribution in [0, 0.1) is 6.92 Å². The molecular formula is C20H21F3N2O3S. The molecule has 2 aromatic rings. The number of hydrogen-bond acceptors (Lipinski definition) is 3. The van der Waals surface area contributed by atoms with Gasteiger partial charge in [-0.25, -0.2) is 8.42 Å². The molecule has 0 aliphatic heterocycles. The van der Waals surface area contributed by atoms with E-state index >= 15 is 0 Å². The fraction of sp³-hybridized carbons (Fsp3) is 0.350. The van der Waals surface area contributed by atoms with Crippen molar-refractivity contribution in [1.82, 2.24) is 5.32 Å². The highest BCUT2D eigenvalue weighted by atomic mass is 32.2. The van der Waals surface area contributed by atoms with E-state index < -0.39 is 22.7 Å². The zero-order valence-electron chi connectivity index (χ0n) is 16.0. The number of benzene rings is 2. The Labute approximate surface area is 167 Å². The van der Waals surface area contributed by atoms with Crippen molar-refractivity contribution in [2.75, 3.05) is 17.1 Å². The van der Waals surface area contributed by atoms with Crippen LogP contribution in [-0.2, 0) is 16.4 Å². The van der Waals surface area contributed by atoms with Crippen molar-refractivity contribution in [3.63, 3.8) is 0 Å². The Morgan fingerprint density at radius 1 is 1.17 bits per heavy atom. The van der Waals surface area contributed by atoms with Crippen molar-refractivity contribution in [3.8, 4) is 0 Å². The molecule has 156 valence electrons. The van der Waals surface area contributed by atoms with Crippen LogP contribution in [0.4, 0.5) is 18.9 Å². The summed E-state index contributed by atoms with van der Waals surface area (Å²) in [5, 5.41) is 2.94. The second-order valence-electron chi connectivity index (χ2n) is 7.20. The Kier molecular flexibility index (Phi) is 5.62. The fourth-order valence-corrected chi connectivity index (χ4v) is 4.37. The Bertz CT molecular complexity index is 1020. The Morgan fingerprint density at radius 2 is 1.83 bits per heavy atom. The van der Waals surface area contributed by atoms with Crippen LogP contribution in [0.3, 0.4) is 0 Å². The van der Waals surface area contributed by atoms with E-state index in [1.54, 1.807) is 0 Å². The monoisotopic (exact) mass is 426 g/mol. The molecule has 1 atom stereocenters. The van der Waals surface area contributed by atoms with Gasteiger partial charge in [0, 0.05) is 5.56 Å². The van der Waals surface area contributed by atoms with Gasteiger partial charge in [0.25, 0.3) is 5.91 Å². The second-order valence-corrected chi connectivity index (χ2v) is 9.11. The maximum absolute atomic E-state index is 12.7. The molecule has 29 heavy (non-hydrogen) atoms. The number of hydrogen-bond donors (Lipinski definition) is 1. The molecule has 3 rings (SSSR count). The first-order valence-corrected chi connectivity index (χ1v) is 10.8. The number of halogens is 3. The van der Waals surface area contributed by atoms with Crippen LogP contribution in [0.5, 0.6) is 0 Å². The lowest BCUT2D eigenvalue weighted by molar-refractivity contribution is -0.117. The first kappa shape index (κ1) is 21.2. The van der Waals surface area contributed by atoms with Crippen LogP contribution in [0.25, 0.3) is 0 Å². The zero-order chi connectivity index (χ0) is 21.4. The van der Waals surface area contributed by atoms with E-state index in [0.717, 1.165) is 24.0 Å². The van der Waals surface area contributed by atoms with Gasteiger partial charge in [-0.15, -0.1) is 0 Å². The van der Waals surface area contributed by atoms with Crippen LogP contribution in [0.1, 0.15) is 39.5 Å². The van der Waals surface area contributed by atoms with Crippen molar-refractivity contribution in [3.05, 3.63) is 64.7 Å². The van der Waals surface area contributed by atoms with E-state index in [9.17, 15) is 26.4 Å². The summed E-state index contributed by atoms with van der Waals surface area (Å²) in [4.78, 5) is 12.6. The maximum atomic E-state index is 12.7. The predicted octanol–water partition coefficient (Wildman–Crippen LogP) is 3.74. The van der Waals surface area contributed by atoms with Crippen LogP contribution in [-0.4, -0.2) is 33.3 Å². The highest BCUT2D eigenvalue weighted by molar-refractivity contribution is 7.92. The molecule has 0 bridgehead atoms. The summed E-state index contributed by atoms with van der Waals surface area (Å²) < 4.78 is 62.0. The highest BCUT2D eigenvalue weighted by Gasteiger charge is 2.35. The van der Waals surface area contributed by atoms with Gasteiger partial charge in [0.1, 0.15) is 6.54 Å². The third-order valence-electron chi connectivity index (χ3n) is 4.82. The molecular weight excluding hydrogens is 405 g/mol. The molecule has 9 heteroatoms. The molecule has 0 saturated heterocycles. The van der Waals surface area contributed by atoms with E-state index in [1.807, 2.05) is 19.1 Å². The number of anilines is 1. The van der Waals surface area contributed by atoms with Crippen molar-refractivity contribution in [1.29, 1.82) is 0 Å². The average Bonchev–Trinajstić information content (AvgIpc) is 3.00. The second kappa shape index (κ2) is 7.70. The van der Waals surface area contributed by atoms with E-state index in [1.165, 1.54) is 29.8 Å². The molecule has 2 aromatic carbocycles. The number of carbonyl (C=O) groups is 1. The predicted molar refractivity (Wildman–Crippen MR) is 104 cm³/mol. The lowest BCUT2D eigenvalue weighted by atomic mass is 10.1. The SMILES string of the molecule is Cc1ccc2c(c1)CC[C@H]2NC(=O)c1ccc(N(CC(F)(F)F)S(C)(=O)=O)cc1. The van der Waals surface area contributed by atoms with E-state index in [-0.39, 0.29) is 27.5 Å². The molecule has 1 amide bonds. The van der Waals surface area contributed by atoms with Crippen molar-refractivity contribution in [2.45, 2.75) is 32.0 Å². The van der Waals surface area contributed by atoms with E-state index in [2.05, 4.69) is 11.4 Å². The fourth-order valence-electron chi connectivity index (χ4n) is 3.48. The number of nitrogens with zero attached hydrogens (tertiary/aromatic N) is 1. The van der Waals surface area contributed by atoms with Gasteiger partial charge in [-0.3, -0.25) is 9.10 Å².